The van der Waals surface area contributed by atoms with Gasteiger partial charge in [0.1, 0.15) is 0 Å². The Morgan fingerprint density at radius 1 is 1.19 bits per heavy atom. The Morgan fingerprint density at radius 2 is 1.96 bits per heavy atom. The lowest BCUT2D eigenvalue weighted by Crippen LogP contribution is -2.43. The number of aromatic nitrogens is 2. The molecule has 1 amide bonds. The summed E-state index contributed by atoms with van der Waals surface area (Å²) in [6.07, 6.45) is 1.51. The molecule has 2 saturated heterocycles. The standard InChI is InChI=1S/C20H30N4O3/c1-14(2)10-17(25)24-5-4-20(12-24)13-27-11-16-15(3)21-19(22-18(16)20)23-6-8-26-9-7-23/h14H,4-13H2,1-3H3. The first kappa shape index (κ1) is 18.6. The Kier molecular flexibility index (Phi) is 5.07. The highest BCUT2D eigenvalue weighted by Crippen LogP contribution is 2.40. The highest BCUT2D eigenvalue weighted by molar-refractivity contribution is 5.77. The van der Waals surface area contributed by atoms with E-state index in [1.54, 1.807) is 0 Å². The smallest absolute Gasteiger partial charge is 0.225 e. The fraction of sp³-hybridized carbons (Fsp3) is 0.750. The SMILES string of the molecule is Cc1nc(N2CCOCC2)nc2c1COCC21CCN(C(=O)CC(C)C)C1. The van der Waals surface area contributed by atoms with E-state index in [1.807, 2.05) is 11.8 Å². The van der Waals surface area contributed by atoms with Gasteiger partial charge in [0.15, 0.2) is 0 Å². The first-order chi connectivity index (χ1) is 13.0. The fourth-order valence-corrected chi connectivity index (χ4v) is 4.39. The van der Waals surface area contributed by atoms with Gasteiger partial charge in [-0.15, -0.1) is 0 Å². The van der Waals surface area contributed by atoms with Gasteiger partial charge in [-0.3, -0.25) is 4.79 Å². The highest BCUT2D eigenvalue weighted by Gasteiger charge is 2.46. The van der Waals surface area contributed by atoms with E-state index >= 15 is 0 Å². The van der Waals surface area contributed by atoms with Crippen molar-refractivity contribution in [3.8, 4) is 0 Å². The summed E-state index contributed by atoms with van der Waals surface area (Å²) in [6.45, 7) is 12.0. The second-order valence-electron chi connectivity index (χ2n) is 8.47. The van der Waals surface area contributed by atoms with Gasteiger partial charge in [0, 0.05) is 43.9 Å². The number of aryl methyl sites for hydroxylation is 1. The highest BCUT2D eigenvalue weighted by atomic mass is 16.5. The first-order valence-electron chi connectivity index (χ1n) is 10.0. The van der Waals surface area contributed by atoms with E-state index in [0.29, 0.717) is 45.3 Å². The minimum atomic E-state index is -0.199. The van der Waals surface area contributed by atoms with Crippen molar-refractivity contribution in [3.63, 3.8) is 0 Å². The van der Waals surface area contributed by atoms with E-state index in [2.05, 4.69) is 18.7 Å². The summed E-state index contributed by atoms with van der Waals surface area (Å²) < 4.78 is 11.4. The number of likely N-dealkylation sites (tertiary alicyclic amines) is 1. The summed E-state index contributed by atoms with van der Waals surface area (Å²) in [5, 5.41) is 0. The van der Waals surface area contributed by atoms with Crippen LogP contribution in [0.5, 0.6) is 0 Å². The van der Waals surface area contributed by atoms with Crippen LogP contribution in [-0.2, 0) is 26.3 Å². The zero-order valence-electron chi connectivity index (χ0n) is 16.7. The molecule has 3 aliphatic rings. The average molecular weight is 374 g/mol. The van der Waals surface area contributed by atoms with E-state index in [1.165, 1.54) is 0 Å². The predicted octanol–water partition coefficient (Wildman–Crippen LogP) is 1.67. The van der Waals surface area contributed by atoms with Crippen molar-refractivity contribution >= 4 is 11.9 Å². The van der Waals surface area contributed by atoms with Crippen molar-refractivity contribution in [1.29, 1.82) is 0 Å². The second-order valence-corrected chi connectivity index (χ2v) is 8.47. The molecule has 1 spiro atoms. The van der Waals surface area contributed by atoms with Gasteiger partial charge < -0.3 is 19.3 Å². The Morgan fingerprint density at radius 3 is 2.70 bits per heavy atom. The maximum Gasteiger partial charge on any atom is 0.225 e. The van der Waals surface area contributed by atoms with Crippen LogP contribution in [0, 0.1) is 12.8 Å². The number of hydrogen-bond acceptors (Lipinski definition) is 6. The lowest BCUT2D eigenvalue weighted by Gasteiger charge is -2.36. The molecule has 2 fully saturated rings. The van der Waals surface area contributed by atoms with Crippen LogP contribution in [0.25, 0.3) is 0 Å². The van der Waals surface area contributed by atoms with Crippen LogP contribution in [0.2, 0.25) is 0 Å². The molecule has 1 aromatic heterocycles. The van der Waals surface area contributed by atoms with Crippen LogP contribution in [0.1, 0.15) is 43.6 Å². The van der Waals surface area contributed by atoms with Crippen LogP contribution in [0.15, 0.2) is 0 Å². The Hall–Kier alpha value is -1.73. The van der Waals surface area contributed by atoms with E-state index in [9.17, 15) is 4.79 Å². The van der Waals surface area contributed by atoms with Crippen LogP contribution in [0.4, 0.5) is 5.95 Å². The van der Waals surface area contributed by atoms with Crippen LogP contribution in [0.3, 0.4) is 0 Å². The summed E-state index contributed by atoms with van der Waals surface area (Å²) in [5.74, 6) is 1.41. The number of morpholine rings is 1. The predicted molar refractivity (Wildman–Crippen MR) is 102 cm³/mol. The van der Waals surface area contributed by atoms with Crippen LogP contribution in [-0.4, -0.2) is 66.8 Å². The van der Waals surface area contributed by atoms with Gasteiger partial charge >= 0.3 is 0 Å². The van der Waals surface area contributed by atoms with Crippen molar-refractivity contribution < 1.29 is 14.3 Å². The number of carbonyl (C=O) groups is 1. The Labute approximate surface area is 161 Å². The number of rotatable bonds is 3. The summed E-state index contributed by atoms with van der Waals surface area (Å²) in [7, 11) is 0. The second kappa shape index (κ2) is 7.36. The van der Waals surface area contributed by atoms with Crippen LogP contribution >= 0.6 is 0 Å². The van der Waals surface area contributed by atoms with Gasteiger partial charge in [0.05, 0.1) is 37.5 Å². The maximum absolute atomic E-state index is 12.6. The maximum atomic E-state index is 12.6. The molecule has 4 rings (SSSR count). The molecule has 0 saturated carbocycles. The molecule has 0 aliphatic carbocycles. The zero-order valence-corrected chi connectivity index (χ0v) is 16.7. The fourth-order valence-electron chi connectivity index (χ4n) is 4.39. The number of fused-ring (bicyclic) bond motifs is 2. The third-order valence-corrected chi connectivity index (χ3v) is 5.91. The van der Waals surface area contributed by atoms with Gasteiger partial charge in [-0.25, -0.2) is 9.97 Å². The molecule has 0 N–H and O–H groups in total. The summed E-state index contributed by atoms with van der Waals surface area (Å²) >= 11 is 0. The molecule has 0 aromatic carbocycles. The summed E-state index contributed by atoms with van der Waals surface area (Å²) in [4.78, 5) is 26.6. The largest absolute Gasteiger partial charge is 0.378 e. The molecule has 0 bridgehead atoms. The molecule has 1 atom stereocenters. The van der Waals surface area contributed by atoms with Gasteiger partial charge in [0.2, 0.25) is 11.9 Å². The van der Waals surface area contributed by atoms with Gasteiger partial charge in [-0.05, 0) is 19.3 Å². The Balaban J connectivity index is 1.64. The average Bonchev–Trinajstić information content (AvgIpc) is 3.08. The molecule has 7 nitrogen and oxygen atoms in total. The number of amides is 1. The minimum Gasteiger partial charge on any atom is -0.378 e. The lowest BCUT2D eigenvalue weighted by molar-refractivity contribution is -0.131. The zero-order chi connectivity index (χ0) is 19.0. The molecular formula is C20H30N4O3. The number of hydrogen-bond donors (Lipinski definition) is 0. The van der Waals surface area contributed by atoms with E-state index in [-0.39, 0.29) is 11.3 Å². The van der Waals surface area contributed by atoms with Crippen molar-refractivity contribution in [2.45, 2.75) is 45.6 Å². The van der Waals surface area contributed by atoms with Gasteiger partial charge in [0.25, 0.3) is 0 Å². The van der Waals surface area contributed by atoms with Crippen LogP contribution < -0.4 is 4.90 Å². The molecule has 4 heterocycles. The number of nitrogens with zero attached hydrogens (tertiary/aromatic N) is 4. The summed E-state index contributed by atoms with van der Waals surface area (Å²) in [5.41, 5.74) is 3.00. The van der Waals surface area contributed by atoms with E-state index < -0.39 is 0 Å². The monoisotopic (exact) mass is 374 g/mol. The molecule has 7 heteroatoms. The lowest BCUT2D eigenvalue weighted by atomic mass is 9.80. The molecule has 1 aromatic rings. The van der Waals surface area contributed by atoms with E-state index in [0.717, 1.165) is 49.0 Å². The minimum absolute atomic E-state index is 0.199. The molecular weight excluding hydrogens is 344 g/mol. The third kappa shape index (κ3) is 3.55. The molecule has 3 aliphatic heterocycles. The Bertz CT molecular complexity index is 717. The first-order valence-corrected chi connectivity index (χ1v) is 10.0. The van der Waals surface area contributed by atoms with Crippen molar-refractivity contribution in [3.05, 3.63) is 17.0 Å². The van der Waals surface area contributed by atoms with Gasteiger partial charge in [-0.1, -0.05) is 13.8 Å². The van der Waals surface area contributed by atoms with Crippen molar-refractivity contribution in [2.75, 3.05) is 50.9 Å². The van der Waals surface area contributed by atoms with Crippen molar-refractivity contribution in [2.24, 2.45) is 5.92 Å². The number of carbonyl (C=O) groups excluding carboxylic acids is 1. The number of ether oxygens (including phenoxy) is 2. The number of anilines is 1. The summed E-state index contributed by atoms with van der Waals surface area (Å²) in [6, 6.07) is 0. The molecule has 0 radical (unpaired) electrons. The molecule has 27 heavy (non-hydrogen) atoms. The topological polar surface area (TPSA) is 67.8 Å². The van der Waals surface area contributed by atoms with Gasteiger partial charge in [-0.2, -0.15) is 0 Å². The van der Waals surface area contributed by atoms with E-state index in [4.69, 9.17) is 19.4 Å². The molecule has 1 unspecified atom stereocenters. The van der Waals surface area contributed by atoms with Crippen molar-refractivity contribution in [1.82, 2.24) is 14.9 Å². The third-order valence-electron chi connectivity index (χ3n) is 5.91. The quantitative estimate of drug-likeness (QED) is 0.802. The molecule has 148 valence electrons. The normalized spacial score (nSPS) is 25.3.